The zero-order chi connectivity index (χ0) is 17.2. The van der Waals surface area contributed by atoms with Crippen LogP contribution in [-0.2, 0) is 9.53 Å². The first kappa shape index (κ1) is 15.4. The second kappa shape index (κ2) is 6.43. The molecule has 1 atom stereocenters. The monoisotopic (exact) mass is 334 g/mol. The molecule has 0 spiro atoms. The molecule has 126 valence electrons. The number of benzene rings is 2. The summed E-state index contributed by atoms with van der Waals surface area (Å²) in [7, 11) is 0. The van der Waals surface area contributed by atoms with E-state index < -0.39 is 12.1 Å². The Balaban J connectivity index is 1.58. The third-order valence-electron chi connectivity index (χ3n) is 4.24. The summed E-state index contributed by atoms with van der Waals surface area (Å²) in [5, 5.41) is 3.83. The quantitative estimate of drug-likeness (QED) is 0.703. The number of para-hydroxylation sites is 1. The maximum Gasteiger partial charge on any atom is 0.355 e. The largest absolute Gasteiger partial charge is 0.443 e. The fourth-order valence-electron chi connectivity index (χ4n) is 2.76. The number of aromatic nitrogens is 1. The Hall–Kier alpha value is -3.08. The van der Waals surface area contributed by atoms with Gasteiger partial charge in [0, 0.05) is 22.5 Å². The summed E-state index contributed by atoms with van der Waals surface area (Å²) in [6.45, 7) is 0. The zero-order valence-corrected chi connectivity index (χ0v) is 13.6. The highest BCUT2D eigenvalue weighted by molar-refractivity contribution is 5.96. The highest BCUT2D eigenvalue weighted by atomic mass is 16.5. The van der Waals surface area contributed by atoms with E-state index in [4.69, 9.17) is 4.74 Å². The molecule has 5 heteroatoms. The number of rotatable bonds is 5. The Morgan fingerprint density at radius 1 is 1.04 bits per heavy atom. The van der Waals surface area contributed by atoms with Gasteiger partial charge in [0.2, 0.25) is 6.10 Å². The molecule has 1 saturated carbocycles. The summed E-state index contributed by atoms with van der Waals surface area (Å²) < 4.78 is 5.56. The molecule has 4 rings (SSSR count). The molecule has 0 aliphatic heterocycles. The number of H-pyrrole nitrogens is 1. The average molecular weight is 334 g/mol. The number of fused-ring (bicyclic) bond motifs is 1. The Labute approximate surface area is 145 Å². The van der Waals surface area contributed by atoms with Crippen molar-refractivity contribution < 1.29 is 14.3 Å². The van der Waals surface area contributed by atoms with E-state index in [1.807, 2.05) is 42.5 Å². The molecule has 25 heavy (non-hydrogen) atoms. The average Bonchev–Trinajstić information content (AvgIpc) is 3.34. The van der Waals surface area contributed by atoms with Crippen molar-refractivity contribution in [1.82, 2.24) is 10.3 Å². The molecular weight excluding hydrogens is 316 g/mol. The first-order chi connectivity index (χ1) is 12.2. The van der Waals surface area contributed by atoms with Crippen molar-refractivity contribution in [2.45, 2.75) is 25.0 Å². The number of amides is 1. The van der Waals surface area contributed by atoms with E-state index in [-0.39, 0.29) is 11.9 Å². The van der Waals surface area contributed by atoms with Crippen LogP contribution in [-0.4, -0.2) is 22.9 Å². The number of ether oxygens (including phenoxy) is 1. The van der Waals surface area contributed by atoms with Crippen LogP contribution < -0.4 is 5.32 Å². The molecule has 1 heterocycles. The Morgan fingerprint density at radius 3 is 2.48 bits per heavy atom. The first-order valence-electron chi connectivity index (χ1n) is 8.35. The Morgan fingerprint density at radius 2 is 1.76 bits per heavy atom. The minimum Gasteiger partial charge on any atom is -0.443 e. The van der Waals surface area contributed by atoms with Crippen LogP contribution in [0.15, 0.2) is 60.7 Å². The van der Waals surface area contributed by atoms with Crippen molar-refractivity contribution in [2.75, 3.05) is 0 Å². The minimum absolute atomic E-state index is 0.200. The van der Waals surface area contributed by atoms with Crippen LogP contribution in [0.4, 0.5) is 0 Å². The summed E-state index contributed by atoms with van der Waals surface area (Å²) in [5.74, 6) is -0.825. The van der Waals surface area contributed by atoms with E-state index >= 15 is 0 Å². The van der Waals surface area contributed by atoms with Crippen LogP contribution in [0.1, 0.15) is 35.0 Å². The van der Waals surface area contributed by atoms with Crippen LogP contribution in [0.5, 0.6) is 0 Å². The third-order valence-corrected chi connectivity index (χ3v) is 4.24. The molecule has 1 aromatic heterocycles. The molecule has 0 saturated heterocycles. The van der Waals surface area contributed by atoms with Crippen LogP contribution >= 0.6 is 0 Å². The van der Waals surface area contributed by atoms with Gasteiger partial charge in [-0.3, -0.25) is 4.79 Å². The zero-order valence-electron chi connectivity index (χ0n) is 13.6. The molecule has 0 radical (unpaired) electrons. The summed E-state index contributed by atoms with van der Waals surface area (Å²) >= 11 is 0. The van der Waals surface area contributed by atoms with E-state index in [2.05, 4.69) is 10.3 Å². The smallest absolute Gasteiger partial charge is 0.355 e. The third kappa shape index (κ3) is 3.40. The van der Waals surface area contributed by atoms with Gasteiger partial charge in [0.1, 0.15) is 5.69 Å². The number of carbonyl (C=O) groups is 2. The molecular formula is C20H18N2O3. The number of carbonyl (C=O) groups excluding carboxylic acids is 2. The number of hydrogen-bond donors (Lipinski definition) is 2. The van der Waals surface area contributed by atoms with Gasteiger partial charge in [-0.1, -0.05) is 48.5 Å². The highest BCUT2D eigenvalue weighted by Crippen LogP contribution is 2.24. The molecule has 1 fully saturated rings. The SMILES string of the molecule is O=C(O[C@@H](C(=O)NC1CC1)c1ccccc1)c1cc2ccccc2[nH]1. The lowest BCUT2D eigenvalue weighted by atomic mass is 10.1. The van der Waals surface area contributed by atoms with Gasteiger partial charge in [-0.25, -0.2) is 4.79 Å². The topological polar surface area (TPSA) is 71.2 Å². The molecule has 3 aromatic rings. The normalized spacial score (nSPS) is 14.9. The summed E-state index contributed by atoms with van der Waals surface area (Å²) in [4.78, 5) is 28.1. The summed E-state index contributed by atoms with van der Waals surface area (Å²) in [5.41, 5.74) is 1.85. The van der Waals surface area contributed by atoms with Gasteiger partial charge >= 0.3 is 5.97 Å². The van der Waals surface area contributed by atoms with E-state index in [1.165, 1.54) is 0 Å². The Kier molecular flexibility index (Phi) is 3.98. The summed E-state index contributed by atoms with van der Waals surface area (Å²) in [6, 6.07) is 18.6. The lowest BCUT2D eigenvalue weighted by Crippen LogP contribution is -2.33. The second-order valence-electron chi connectivity index (χ2n) is 6.25. The standard InChI is InChI=1S/C20H18N2O3/c23-19(21-15-10-11-15)18(13-6-2-1-3-7-13)25-20(24)17-12-14-8-4-5-9-16(14)22-17/h1-9,12,15,18,22H,10-11H2,(H,21,23)/t18-/m1/s1. The molecule has 2 aromatic carbocycles. The van der Waals surface area contributed by atoms with Crippen LogP contribution in [0.25, 0.3) is 10.9 Å². The van der Waals surface area contributed by atoms with Gasteiger partial charge in [0.05, 0.1) is 0 Å². The van der Waals surface area contributed by atoms with Gasteiger partial charge in [-0.2, -0.15) is 0 Å². The van der Waals surface area contributed by atoms with Gasteiger partial charge in [-0.05, 0) is 25.0 Å². The van der Waals surface area contributed by atoms with Crippen molar-refractivity contribution in [3.05, 3.63) is 71.9 Å². The first-order valence-corrected chi connectivity index (χ1v) is 8.35. The predicted molar refractivity (Wildman–Crippen MR) is 94.1 cm³/mol. The van der Waals surface area contributed by atoms with Crippen molar-refractivity contribution in [1.29, 1.82) is 0 Å². The molecule has 1 aliphatic carbocycles. The van der Waals surface area contributed by atoms with Crippen molar-refractivity contribution in [3.8, 4) is 0 Å². The van der Waals surface area contributed by atoms with Crippen LogP contribution in [0, 0.1) is 0 Å². The maximum atomic E-state index is 12.6. The molecule has 0 bridgehead atoms. The van der Waals surface area contributed by atoms with Gasteiger partial charge in [0.15, 0.2) is 0 Å². The fraction of sp³-hybridized carbons (Fsp3) is 0.200. The van der Waals surface area contributed by atoms with E-state index in [1.54, 1.807) is 18.2 Å². The second-order valence-corrected chi connectivity index (χ2v) is 6.25. The lowest BCUT2D eigenvalue weighted by Gasteiger charge is -2.17. The Bertz CT molecular complexity index is 880. The molecule has 2 N–H and O–H groups in total. The number of aromatic amines is 1. The molecule has 0 unspecified atom stereocenters. The van der Waals surface area contributed by atoms with Crippen molar-refractivity contribution in [2.24, 2.45) is 0 Å². The van der Waals surface area contributed by atoms with Crippen molar-refractivity contribution >= 4 is 22.8 Å². The number of esters is 1. The van der Waals surface area contributed by atoms with Crippen LogP contribution in [0.3, 0.4) is 0 Å². The lowest BCUT2D eigenvalue weighted by molar-refractivity contribution is -0.130. The highest BCUT2D eigenvalue weighted by Gasteiger charge is 2.31. The maximum absolute atomic E-state index is 12.6. The van der Waals surface area contributed by atoms with Crippen LogP contribution in [0.2, 0.25) is 0 Å². The van der Waals surface area contributed by atoms with E-state index in [9.17, 15) is 9.59 Å². The minimum atomic E-state index is -0.958. The van der Waals surface area contributed by atoms with E-state index in [0.717, 1.165) is 23.7 Å². The number of hydrogen-bond acceptors (Lipinski definition) is 3. The number of nitrogens with one attached hydrogen (secondary N) is 2. The predicted octanol–water partition coefficient (Wildman–Crippen LogP) is 3.34. The molecule has 5 nitrogen and oxygen atoms in total. The molecule has 1 amide bonds. The van der Waals surface area contributed by atoms with E-state index in [0.29, 0.717) is 11.3 Å². The van der Waals surface area contributed by atoms with Gasteiger partial charge in [0.25, 0.3) is 5.91 Å². The van der Waals surface area contributed by atoms with Crippen molar-refractivity contribution in [3.63, 3.8) is 0 Å². The summed E-state index contributed by atoms with van der Waals surface area (Å²) in [6.07, 6.45) is 0.993. The molecule has 1 aliphatic rings. The van der Waals surface area contributed by atoms with Gasteiger partial charge < -0.3 is 15.0 Å². The fourth-order valence-corrected chi connectivity index (χ4v) is 2.76. The van der Waals surface area contributed by atoms with Gasteiger partial charge in [-0.15, -0.1) is 0 Å².